The van der Waals surface area contributed by atoms with Crippen molar-refractivity contribution < 1.29 is 14.3 Å². The number of aromatic nitrogens is 2. The van der Waals surface area contributed by atoms with E-state index in [0.717, 1.165) is 17.7 Å². The lowest BCUT2D eigenvalue weighted by Gasteiger charge is -2.22. The zero-order chi connectivity index (χ0) is 17.3. The van der Waals surface area contributed by atoms with Gasteiger partial charge in [0.25, 0.3) is 5.91 Å². The molecule has 2 heterocycles. The van der Waals surface area contributed by atoms with Gasteiger partial charge in [0.05, 0.1) is 7.11 Å². The van der Waals surface area contributed by atoms with Crippen molar-refractivity contribution >= 4 is 17.5 Å². The molecule has 0 spiro atoms. The van der Waals surface area contributed by atoms with Crippen molar-refractivity contribution in [2.24, 2.45) is 7.05 Å². The van der Waals surface area contributed by atoms with Gasteiger partial charge in [-0.25, -0.2) is 0 Å². The van der Waals surface area contributed by atoms with Crippen LogP contribution in [0.1, 0.15) is 15.9 Å². The van der Waals surface area contributed by atoms with Gasteiger partial charge in [0.2, 0.25) is 11.8 Å². The van der Waals surface area contributed by atoms with Crippen LogP contribution < -0.4 is 9.64 Å². The zero-order valence-corrected chi connectivity index (χ0v) is 14.0. The molecule has 0 radical (unpaired) electrons. The van der Waals surface area contributed by atoms with Crippen molar-refractivity contribution in [3.63, 3.8) is 0 Å². The highest BCUT2D eigenvalue weighted by molar-refractivity contribution is 6.02. The van der Waals surface area contributed by atoms with Crippen molar-refractivity contribution in [3.05, 3.63) is 41.6 Å². The van der Waals surface area contributed by atoms with E-state index in [4.69, 9.17) is 4.74 Å². The quantitative estimate of drug-likeness (QED) is 0.842. The van der Waals surface area contributed by atoms with Crippen LogP contribution in [0.15, 0.2) is 30.5 Å². The number of ether oxygens (including phenoxy) is 1. The van der Waals surface area contributed by atoms with Crippen LogP contribution in [0.5, 0.6) is 5.88 Å². The summed E-state index contributed by atoms with van der Waals surface area (Å²) in [7, 11) is 4.78. The number of carbonyl (C=O) groups excluding carboxylic acids is 2. The monoisotopic (exact) mass is 328 g/mol. The minimum Gasteiger partial charge on any atom is -0.479 e. The van der Waals surface area contributed by atoms with Crippen molar-refractivity contribution in [2.75, 3.05) is 32.1 Å². The molecule has 7 nitrogen and oxygen atoms in total. The minimum absolute atomic E-state index is 0.00517. The van der Waals surface area contributed by atoms with E-state index in [1.807, 2.05) is 24.3 Å². The van der Waals surface area contributed by atoms with Crippen LogP contribution in [0.4, 0.5) is 5.69 Å². The fraction of sp³-hybridized carbons (Fsp3) is 0.353. The predicted octanol–water partition coefficient (Wildman–Crippen LogP) is 1.09. The number of benzene rings is 1. The third-order valence-corrected chi connectivity index (χ3v) is 4.13. The number of anilines is 1. The zero-order valence-electron chi connectivity index (χ0n) is 14.0. The first-order valence-corrected chi connectivity index (χ1v) is 7.72. The molecule has 24 heavy (non-hydrogen) atoms. The predicted molar refractivity (Wildman–Crippen MR) is 89.2 cm³/mol. The number of fused-ring (bicyclic) bond motifs is 1. The number of hydrogen-bond acceptors (Lipinski definition) is 4. The van der Waals surface area contributed by atoms with Crippen LogP contribution in [-0.4, -0.2) is 53.7 Å². The Morgan fingerprint density at radius 3 is 2.83 bits per heavy atom. The number of carbonyl (C=O) groups is 2. The molecule has 0 bridgehead atoms. The average molecular weight is 328 g/mol. The average Bonchev–Trinajstić information content (AvgIpc) is 3.17. The molecule has 0 atom stereocenters. The Labute approximate surface area is 140 Å². The van der Waals surface area contributed by atoms with E-state index in [9.17, 15) is 9.59 Å². The smallest absolute Gasteiger partial charge is 0.261 e. The van der Waals surface area contributed by atoms with Crippen LogP contribution in [0, 0.1) is 0 Å². The third kappa shape index (κ3) is 2.84. The molecule has 0 saturated carbocycles. The van der Waals surface area contributed by atoms with Crippen LogP contribution in [0.3, 0.4) is 0 Å². The molecule has 1 aliphatic heterocycles. The first kappa shape index (κ1) is 16.0. The largest absolute Gasteiger partial charge is 0.479 e. The normalized spacial score (nSPS) is 12.9. The molecule has 1 aromatic heterocycles. The lowest BCUT2D eigenvalue weighted by Crippen LogP contribution is -2.40. The number of rotatable bonds is 4. The fourth-order valence-corrected chi connectivity index (χ4v) is 2.93. The summed E-state index contributed by atoms with van der Waals surface area (Å²) in [6, 6.07) is 7.85. The maximum absolute atomic E-state index is 12.6. The van der Waals surface area contributed by atoms with Crippen molar-refractivity contribution in [2.45, 2.75) is 6.42 Å². The third-order valence-electron chi connectivity index (χ3n) is 4.13. The van der Waals surface area contributed by atoms with E-state index in [2.05, 4.69) is 5.10 Å². The van der Waals surface area contributed by atoms with Gasteiger partial charge < -0.3 is 14.5 Å². The Kier molecular flexibility index (Phi) is 4.24. The Hall–Kier alpha value is -2.83. The fourth-order valence-electron chi connectivity index (χ4n) is 2.93. The molecule has 0 aliphatic carbocycles. The van der Waals surface area contributed by atoms with E-state index < -0.39 is 0 Å². The second-order valence-corrected chi connectivity index (χ2v) is 5.81. The van der Waals surface area contributed by atoms with E-state index in [1.165, 1.54) is 16.7 Å². The van der Waals surface area contributed by atoms with Crippen LogP contribution in [-0.2, 0) is 18.3 Å². The van der Waals surface area contributed by atoms with Gasteiger partial charge in [0, 0.05) is 32.5 Å². The number of hydrogen-bond donors (Lipinski definition) is 0. The molecule has 0 unspecified atom stereocenters. The van der Waals surface area contributed by atoms with Gasteiger partial charge in [0.15, 0.2) is 0 Å². The number of nitrogens with zero attached hydrogens (tertiary/aromatic N) is 4. The molecule has 2 amide bonds. The first-order valence-electron chi connectivity index (χ1n) is 7.72. The summed E-state index contributed by atoms with van der Waals surface area (Å²) in [6.45, 7) is 0.654. The second kappa shape index (κ2) is 6.35. The van der Waals surface area contributed by atoms with Gasteiger partial charge in [-0.05, 0) is 18.1 Å². The minimum atomic E-state index is -0.291. The number of para-hydroxylation sites is 1. The van der Waals surface area contributed by atoms with Gasteiger partial charge in [-0.15, -0.1) is 5.10 Å². The van der Waals surface area contributed by atoms with Gasteiger partial charge in [-0.2, -0.15) is 0 Å². The van der Waals surface area contributed by atoms with E-state index >= 15 is 0 Å². The van der Waals surface area contributed by atoms with Crippen LogP contribution >= 0.6 is 0 Å². The van der Waals surface area contributed by atoms with Crippen molar-refractivity contribution in [1.82, 2.24) is 14.7 Å². The Morgan fingerprint density at radius 2 is 2.08 bits per heavy atom. The lowest BCUT2D eigenvalue weighted by atomic mass is 10.2. The molecule has 2 aromatic rings. The van der Waals surface area contributed by atoms with Gasteiger partial charge in [-0.3, -0.25) is 14.3 Å². The summed E-state index contributed by atoms with van der Waals surface area (Å²) in [6.07, 6.45) is 2.43. The standard InChI is InChI=1S/C17H20N4O3/c1-19(17(23)13-10-20(2)18-16(13)24-3)11-15(22)21-9-8-12-6-4-5-7-14(12)21/h4-7,10H,8-9,11H2,1-3H3. The number of methoxy groups -OCH3 is 1. The molecule has 3 rings (SSSR count). The molecule has 0 saturated heterocycles. The number of amides is 2. The Morgan fingerprint density at radius 1 is 1.33 bits per heavy atom. The summed E-state index contributed by atoms with van der Waals surface area (Å²) in [4.78, 5) is 28.3. The second-order valence-electron chi connectivity index (χ2n) is 5.81. The van der Waals surface area contributed by atoms with Gasteiger partial charge >= 0.3 is 0 Å². The van der Waals surface area contributed by atoms with E-state index in [-0.39, 0.29) is 24.2 Å². The maximum Gasteiger partial charge on any atom is 0.261 e. The molecule has 0 N–H and O–H groups in total. The number of likely N-dealkylation sites (N-methyl/N-ethyl adjacent to an activating group) is 1. The van der Waals surface area contributed by atoms with Crippen LogP contribution in [0.2, 0.25) is 0 Å². The number of aryl methyl sites for hydroxylation is 1. The molecule has 126 valence electrons. The van der Waals surface area contributed by atoms with Gasteiger partial charge in [0.1, 0.15) is 12.1 Å². The molecule has 1 aromatic carbocycles. The van der Waals surface area contributed by atoms with Gasteiger partial charge in [-0.1, -0.05) is 18.2 Å². The molecular weight excluding hydrogens is 308 g/mol. The van der Waals surface area contributed by atoms with Crippen molar-refractivity contribution in [3.8, 4) is 5.88 Å². The highest BCUT2D eigenvalue weighted by Gasteiger charge is 2.27. The Balaban J connectivity index is 1.72. The molecule has 7 heteroatoms. The van der Waals surface area contributed by atoms with Crippen molar-refractivity contribution in [1.29, 1.82) is 0 Å². The van der Waals surface area contributed by atoms with E-state index in [0.29, 0.717) is 12.1 Å². The van der Waals surface area contributed by atoms with E-state index in [1.54, 1.807) is 25.2 Å². The highest BCUT2D eigenvalue weighted by atomic mass is 16.5. The topological polar surface area (TPSA) is 67.7 Å². The summed E-state index contributed by atoms with van der Waals surface area (Å²) in [5.74, 6) is -0.132. The molecular formula is C17H20N4O3. The molecule has 0 fully saturated rings. The first-order chi connectivity index (χ1) is 11.5. The summed E-state index contributed by atoms with van der Waals surface area (Å²) in [5.41, 5.74) is 2.44. The summed E-state index contributed by atoms with van der Waals surface area (Å²) < 4.78 is 6.63. The summed E-state index contributed by atoms with van der Waals surface area (Å²) in [5, 5.41) is 4.07. The lowest BCUT2D eigenvalue weighted by molar-refractivity contribution is -0.119. The summed E-state index contributed by atoms with van der Waals surface area (Å²) >= 11 is 0. The maximum atomic E-state index is 12.6. The molecule has 1 aliphatic rings. The Bertz CT molecular complexity index is 784. The van der Waals surface area contributed by atoms with Crippen LogP contribution in [0.25, 0.3) is 0 Å². The SMILES string of the molecule is COc1nn(C)cc1C(=O)N(C)CC(=O)N1CCc2ccccc21. The highest BCUT2D eigenvalue weighted by Crippen LogP contribution is 2.27.